The first-order valence-electron chi connectivity index (χ1n) is 9.66. The van der Waals surface area contributed by atoms with Gasteiger partial charge in [-0.25, -0.2) is 4.98 Å². The highest BCUT2D eigenvalue weighted by Crippen LogP contribution is 2.31. The van der Waals surface area contributed by atoms with Crippen molar-refractivity contribution in [3.8, 4) is 17.6 Å². The Bertz CT molecular complexity index is 940. The lowest BCUT2D eigenvalue weighted by Crippen LogP contribution is -2.13. The maximum absolute atomic E-state index is 11.4. The molecule has 0 aliphatic heterocycles. The van der Waals surface area contributed by atoms with E-state index in [1.807, 2.05) is 38.1 Å². The number of methoxy groups -OCH3 is 1. The van der Waals surface area contributed by atoms with Crippen LogP contribution in [0.4, 0.5) is 11.5 Å². The highest BCUT2D eigenvalue weighted by molar-refractivity contribution is 5.64. The summed E-state index contributed by atoms with van der Waals surface area (Å²) in [5.41, 5.74) is 1.40. The Labute approximate surface area is 175 Å². The molecule has 30 heavy (non-hydrogen) atoms. The highest BCUT2D eigenvalue weighted by Gasteiger charge is 2.25. The SMILES string of the molecule is CCOc1ccc(CCNc2nc(C)c([N+](=O)[O-])c(COC)c2C#N)cc1OCC. The highest BCUT2D eigenvalue weighted by atomic mass is 16.6. The van der Waals surface area contributed by atoms with E-state index in [4.69, 9.17) is 14.2 Å². The minimum Gasteiger partial charge on any atom is -0.490 e. The van der Waals surface area contributed by atoms with Gasteiger partial charge in [-0.2, -0.15) is 5.26 Å². The van der Waals surface area contributed by atoms with Crippen LogP contribution in [-0.2, 0) is 17.8 Å². The van der Waals surface area contributed by atoms with Crippen molar-refractivity contribution in [2.75, 3.05) is 32.2 Å². The van der Waals surface area contributed by atoms with Gasteiger partial charge in [0.05, 0.1) is 30.3 Å². The van der Waals surface area contributed by atoms with E-state index in [0.29, 0.717) is 43.5 Å². The summed E-state index contributed by atoms with van der Waals surface area (Å²) in [6.07, 6.45) is 0.634. The van der Waals surface area contributed by atoms with Crippen molar-refractivity contribution in [1.29, 1.82) is 5.26 Å². The number of aromatic nitrogens is 1. The van der Waals surface area contributed by atoms with Gasteiger partial charge in [-0.3, -0.25) is 10.1 Å². The quantitative estimate of drug-likeness (QED) is 0.436. The number of aryl methyl sites for hydroxylation is 1. The second kappa shape index (κ2) is 11.0. The van der Waals surface area contributed by atoms with E-state index in [9.17, 15) is 15.4 Å². The van der Waals surface area contributed by atoms with Gasteiger partial charge in [-0.1, -0.05) is 6.07 Å². The fraction of sp³-hybridized carbons (Fsp3) is 0.429. The zero-order valence-corrected chi connectivity index (χ0v) is 17.7. The van der Waals surface area contributed by atoms with Gasteiger partial charge in [-0.15, -0.1) is 0 Å². The molecule has 2 aromatic rings. The first kappa shape index (κ1) is 22.9. The molecule has 0 aliphatic rings. The Morgan fingerprint density at radius 1 is 1.23 bits per heavy atom. The van der Waals surface area contributed by atoms with Crippen molar-refractivity contribution >= 4 is 11.5 Å². The number of nitriles is 1. The summed E-state index contributed by atoms with van der Waals surface area (Å²) in [4.78, 5) is 15.1. The summed E-state index contributed by atoms with van der Waals surface area (Å²) in [6.45, 7) is 6.88. The Morgan fingerprint density at radius 3 is 2.53 bits per heavy atom. The van der Waals surface area contributed by atoms with Gasteiger partial charge in [0.15, 0.2) is 11.5 Å². The largest absolute Gasteiger partial charge is 0.490 e. The molecule has 0 unspecified atom stereocenters. The van der Waals surface area contributed by atoms with Gasteiger partial charge in [0.2, 0.25) is 0 Å². The third-order valence-electron chi connectivity index (χ3n) is 4.34. The van der Waals surface area contributed by atoms with Gasteiger partial charge in [0.25, 0.3) is 5.69 Å². The second-order valence-corrected chi connectivity index (χ2v) is 6.37. The predicted octanol–water partition coefficient (Wildman–Crippen LogP) is 3.77. The number of rotatable bonds is 11. The van der Waals surface area contributed by atoms with E-state index in [-0.39, 0.29) is 29.1 Å². The van der Waals surface area contributed by atoms with Crippen LogP contribution in [-0.4, -0.2) is 36.8 Å². The van der Waals surface area contributed by atoms with Crippen LogP contribution in [0.5, 0.6) is 11.5 Å². The number of nitrogens with one attached hydrogen (secondary N) is 1. The third-order valence-corrected chi connectivity index (χ3v) is 4.34. The van der Waals surface area contributed by atoms with Gasteiger partial charge >= 0.3 is 0 Å². The molecule has 0 fully saturated rings. The van der Waals surface area contributed by atoms with E-state index < -0.39 is 4.92 Å². The summed E-state index contributed by atoms with van der Waals surface area (Å²) in [6, 6.07) is 7.76. The van der Waals surface area contributed by atoms with Crippen molar-refractivity contribution < 1.29 is 19.1 Å². The fourth-order valence-electron chi connectivity index (χ4n) is 3.11. The maximum atomic E-state index is 11.4. The van der Waals surface area contributed by atoms with Gasteiger partial charge in [0, 0.05) is 13.7 Å². The van der Waals surface area contributed by atoms with Crippen molar-refractivity contribution in [2.24, 2.45) is 0 Å². The molecule has 0 bridgehead atoms. The zero-order valence-electron chi connectivity index (χ0n) is 17.7. The minimum atomic E-state index is -0.531. The number of benzene rings is 1. The Morgan fingerprint density at radius 2 is 1.93 bits per heavy atom. The topological polar surface area (TPSA) is 120 Å². The number of nitro groups is 1. The third kappa shape index (κ3) is 5.36. The lowest BCUT2D eigenvalue weighted by molar-refractivity contribution is -0.386. The van der Waals surface area contributed by atoms with Crippen LogP contribution in [0.15, 0.2) is 18.2 Å². The molecular weight excluding hydrogens is 388 g/mol. The number of hydrogen-bond donors (Lipinski definition) is 1. The minimum absolute atomic E-state index is 0.0478. The molecule has 0 atom stereocenters. The fourth-order valence-corrected chi connectivity index (χ4v) is 3.11. The molecular formula is C21H26N4O5. The lowest BCUT2D eigenvalue weighted by atomic mass is 10.1. The molecule has 9 nitrogen and oxygen atoms in total. The molecule has 0 amide bonds. The number of anilines is 1. The predicted molar refractivity (Wildman–Crippen MR) is 112 cm³/mol. The summed E-state index contributed by atoms with van der Waals surface area (Å²) in [5, 5.41) is 24.1. The maximum Gasteiger partial charge on any atom is 0.297 e. The van der Waals surface area contributed by atoms with Crippen molar-refractivity contribution in [3.63, 3.8) is 0 Å². The van der Waals surface area contributed by atoms with Crippen LogP contribution < -0.4 is 14.8 Å². The standard InChI is InChI=1S/C21H26N4O5/c1-5-29-18-8-7-15(11-19(18)30-6-2)9-10-23-21-16(12-22)17(13-28-4)20(25(26)27)14(3)24-21/h7-8,11H,5-6,9-10,13H2,1-4H3,(H,23,24). The molecule has 1 aromatic heterocycles. The van der Waals surface area contributed by atoms with E-state index in [1.54, 1.807) is 6.92 Å². The van der Waals surface area contributed by atoms with Gasteiger partial charge < -0.3 is 19.5 Å². The summed E-state index contributed by atoms with van der Waals surface area (Å²) in [5.74, 6) is 1.68. The number of pyridine rings is 1. The first-order chi connectivity index (χ1) is 14.5. The number of ether oxygens (including phenoxy) is 3. The van der Waals surface area contributed by atoms with E-state index >= 15 is 0 Å². The normalized spacial score (nSPS) is 10.4. The monoisotopic (exact) mass is 414 g/mol. The molecule has 9 heteroatoms. The van der Waals surface area contributed by atoms with Crippen molar-refractivity contribution in [3.05, 3.63) is 50.7 Å². The van der Waals surface area contributed by atoms with Crippen LogP contribution >= 0.6 is 0 Å². The van der Waals surface area contributed by atoms with E-state index in [0.717, 1.165) is 5.56 Å². The molecule has 0 saturated carbocycles. The average Bonchev–Trinajstić information content (AvgIpc) is 2.70. The average molecular weight is 414 g/mol. The molecule has 160 valence electrons. The molecule has 0 radical (unpaired) electrons. The van der Waals surface area contributed by atoms with Crippen molar-refractivity contribution in [1.82, 2.24) is 4.98 Å². The van der Waals surface area contributed by atoms with Gasteiger partial charge in [-0.05, 0) is 44.9 Å². The number of nitrogens with zero attached hydrogens (tertiary/aromatic N) is 3. The smallest absolute Gasteiger partial charge is 0.297 e. The Hall–Kier alpha value is -3.38. The summed E-state index contributed by atoms with van der Waals surface area (Å²) in [7, 11) is 1.43. The molecule has 2 rings (SSSR count). The molecule has 0 saturated heterocycles. The number of hydrogen-bond acceptors (Lipinski definition) is 8. The molecule has 0 spiro atoms. The van der Waals surface area contributed by atoms with Crippen LogP contribution in [0, 0.1) is 28.4 Å². The Kier molecular flexibility index (Phi) is 8.38. The zero-order chi connectivity index (χ0) is 22.1. The molecule has 0 aliphatic carbocycles. The molecule has 1 aromatic carbocycles. The van der Waals surface area contributed by atoms with Crippen LogP contribution in [0.1, 0.15) is 36.2 Å². The summed E-state index contributed by atoms with van der Waals surface area (Å²) >= 11 is 0. The van der Waals surface area contributed by atoms with Crippen molar-refractivity contribution in [2.45, 2.75) is 33.8 Å². The summed E-state index contributed by atoms with van der Waals surface area (Å²) < 4.78 is 16.3. The lowest BCUT2D eigenvalue weighted by Gasteiger charge is -2.14. The Balaban J connectivity index is 2.23. The van der Waals surface area contributed by atoms with Crippen LogP contribution in [0.2, 0.25) is 0 Å². The van der Waals surface area contributed by atoms with E-state index in [2.05, 4.69) is 10.3 Å². The van der Waals surface area contributed by atoms with Crippen LogP contribution in [0.25, 0.3) is 0 Å². The molecule has 1 heterocycles. The first-order valence-corrected chi connectivity index (χ1v) is 9.66. The van der Waals surface area contributed by atoms with E-state index in [1.165, 1.54) is 7.11 Å². The molecule has 1 N–H and O–H groups in total. The van der Waals surface area contributed by atoms with Gasteiger partial charge in [0.1, 0.15) is 23.1 Å². The van der Waals surface area contributed by atoms with Crippen LogP contribution in [0.3, 0.4) is 0 Å². The second-order valence-electron chi connectivity index (χ2n) is 6.37.